The Morgan fingerprint density at radius 3 is 2.42 bits per heavy atom. The maximum atomic E-state index is 12.9. The maximum Gasteiger partial charge on any atom is 0.472 e. The van der Waals surface area contributed by atoms with Gasteiger partial charge in [-0.05, 0) is 6.92 Å². The van der Waals surface area contributed by atoms with Crippen molar-refractivity contribution in [1.82, 2.24) is 29.1 Å². The minimum absolute atomic E-state index is 0.00343. The number of hydrogen-bond donors (Lipinski definition) is 7. The molecule has 0 aliphatic carbocycles. The highest BCUT2D eigenvalue weighted by atomic mass is 31.2. The molecule has 43 heavy (non-hydrogen) atoms. The lowest BCUT2D eigenvalue weighted by Crippen LogP contribution is -2.33. The predicted octanol–water partition coefficient (Wildman–Crippen LogP) is -1.89. The van der Waals surface area contributed by atoms with E-state index >= 15 is 0 Å². The molecule has 0 radical (unpaired) electrons. The van der Waals surface area contributed by atoms with Crippen LogP contribution in [0.4, 0.5) is 5.95 Å². The number of anilines is 1. The number of nitrogen functional groups attached to an aromatic ring is 1. The van der Waals surface area contributed by atoms with Crippen LogP contribution in [0.2, 0.25) is 0 Å². The molecule has 2 aliphatic rings. The SMILES string of the molecule is Cc1cn([C@H]2C[C@H](O)C(COP(=O)(O)O[C@H]3CC(n4cnc5c(=O)[nH]c(N)nc54)O[C@@H]3COP(=O)(O)O)O2)c(=O)[nH]c1=O. The number of phosphoric ester groups is 2. The number of aliphatic hydroxyl groups excluding tert-OH is 1. The first-order chi connectivity index (χ1) is 20.1. The number of fused-ring (bicyclic) bond motifs is 1. The standard InChI is InChI=1S/C20H27N7O14P2/c1-8-4-26(20(31)25-17(8)29)13-2-9(28)11(39-13)5-38-43(35,36)41-10-3-14(40-12(10)6-37-42(32,33)34)27-7-22-15-16(27)23-19(21)24-18(15)30/h4,7,9-14,28H,2-3,5-6H2,1H3,(H,35,36)(H,25,29,31)(H2,32,33,34)(H3,21,23,24,30)/t9-,10-,11?,12+,13+,14?/m0/s1. The number of aliphatic hydroxyl groups is 1. The Morgan fingerprint density at radius 2 is 1.70 bits per heavy atom. The average Bonchev–Trinajstić information content (AvgIpc) is 3.60. The molecule has 0 aromatic carbocycles. The number of aromatic amines is 2. The number of H-pyrrole nitrogens is 2. The molecule has 21 nitrogen and oxygen atoms in total. The van der Waals surface area contributed by atoms with Gasteiger partial charge in [0, 0.05) is 24.6 Å². The van der Waals surface area contributed by atoms with Crippen molar-refractivity contribution in [2.24, 2.45) is 0 Å². The lowest BCUT2D eigenvalue weighted by atomic mass is 10.2. The highest BCUT2D eigenvalue weighted by Gasteiger charge is 2.44. The Balaban J connectivity index is 1.28. The van der Waals surface area contributed by atoms with Crippen molar-refractivity contribution < 1.29 is 52.0 Å². The molecule has 3 aromatic rings. The maximum absolute atomic E-state index is 12.9. The van der Waals surface area contributed by atoms with Crippen LogP contribution in [0, 0.1) is 6.92 Å². The van der Waals surface area contributed by atoms with E-state index in [9.17, 15) is 33.5 Å². The van der Waals surface area contributed by atoms with Crippen LogP contribution in [0.3, 0.4) is 0 Å². The van der Waals surface area contributed by atoms with Gasteiger partial charge in [0.1, 0.15) is 30.8 Å². The van der Waals surface area contributed by atoms with Crippen molar-refractivity contribution in [3.63, 3.8) is 0 Å². The summed E-state index contributed by atoms with van der Waals surface area (Å²) in [5, 5.41) is 10.4. The summed E-state index contributed by atoms with van der Waals surface area (Å²) >= 11 is 0. The van der Waals surface area contributed by atoms with Gasteiger partial charge in [0.2, 0.25) is 5.95 Å². The molecule has 5 heterocycles. The van der Waals surface area contributed by atoms with E-state index in [4.69, 9.17) is 34.0 Å². The number of nitrogens with two attached hydrogens (primary N) is 1. The highest BCUT2D eigenvalue weighted by Crippen LogP contribution is 2.50. The molecule has 7 atom stereocenters. The average molecular weight is 651 g/mol. The first-order valence-corrected chi connectivity index (χ1v) is 15.5. The van der Waals surface area contributed by atoms with Gasteiger partial charge in [0.15, 0.2) is 11.2 Å². The molecule has 236 valence electrons. The smallest absolute Gasteiger partial charge is 0.390 e. The Morgan fingerprint density at radius 1 is 1.02 bits per heavy atom. The number of aryl methyl sites for hydroxylation is 1. The summed E-state index contributed by atoms with van der Waals surface area (Å²) in [6.07, 6.45) is -5.04. The van der Waals surface area contributed by atoms with Crippen LogP contribution < -0.4 is 22.5 Å². The zero-order valence-corrected chi connectivity index (χ0v) is 23.9. The van der Waals surface area contributed by atoms with Gasteiger partial charge in [-0.1, -0.05) is 0 Å². The van der Waals surface area contributed by atoms with Crippen molar-refractivity contribution in [3.8, 4) is 0 Å². The first kappa shape index (κ1) is 31.4. The molecule has 5 rings (SSSR count). The van der Waals surface area contributed by atoms with E-state index < -0.39 is 82.5 Å². The van der Waals surface area contributed by atoms with Crippen molar-refractivity contribution >= 4 is 32.8 Å². The number of imidazole rings is 1. The van der Waals surface area contributed by atoms with E-state index in [-0.39, 0.29) is 35.5 Å². The number of hydrogen-bond acceptors (Lipinski definition) is 14. The summed E-state index contributed by atoms with van der Waals surface area (Å²) in [6, 6.07) is 0. The monoisotopic (exact) mass is 651 g/mol. The summed E-state index contributed by atoms with van der Waals surface area (Å²) in [4.78, 5) is 77.1. The van der Waals surface area contributed by atoms with Crippen LogP contribution in [-0.2, 0) is 32.2 Å². The van der Waals surface area contributed by atoms with E-state index in [1.807, 2.05) is 0 Å². The van der Waals surface area contributed by atoms with Gasteiger partial charge in [-0.2, -0.15) is 4.98 Å². The van der Waals surface area contributed by atoms with Crippen molar-refractivity contribution in [3.05, 3.63) is 49.3 Å². The van der Waals surface area contributed by atoms with Gasteiger partial charge in [-0.15, -0.1) is 0 Å². The second-order valence-corrected chi connectivity index (χ2v) is 12.4. The Labute approximate surface area is 239 Å². The van der Waals surface area contributed by atoms with E-state index in [0.717, 1.165) is 4.57 Å². The molecule has 2 aliphatic heterocycles. The molecule has 8 N–H and O–H groups in total. The summed E-state index contributed by atoms with van der Waals surface area (Å²) in [6.45, 7) is 0.0333. The second kappa shape index (κ2) is 11.8. The molecule has 3 unspecified atom stereocenters. The van der Waals surface area contributed by atoms with E-state index in [0.29, 0.717) is 0 Å². The van der Waals surface area contributed by atoms with Gasteiger partial charge < -0.3 is 35.0 Å². The number of nitrogens with one attached hydrogen (secondary N) is 2. The zero-order valence-electron chi connectivity index (χ0n) is 22.1. The third-order valence-corrected chi connectivity index (χ3v) is 8.18. The Hall–Kier alpha value is -3.07. The van der Waals surface area contributed by atoms with Gasteiger partial charge >= 0.3 is 21.3 Å². The Kier molecular flexibility index (Phi) is 8.60. The van der Waals surface area contributed by atoms with Crippen molar-refractivity contribution in [1.29, 1.82) is 0 Å². The fraction of sp³-hybridized carbons (Fsp3) is 0.550. The summed E-state index contributed by atoms with van der Waals surface area (Å²) in [7, 11) is -9.94. The third kappa shape index (κ3) is 7.03. The zero-order chi connectivity index (χ0) is 31.3. The quantitative estimate of drug-likeness (QED) is 0.118. The van der Waals surface area contributed by atoms with Gasteiger partial charge in [-0.25, -0.2) is 18.9 Å². The molecule has 2 saturated heterocycles. The normalized spacial score (nSPS) is 27.6. The molecule has 0 saturated carbocycles. The molecule has 0 amide bonds. The number of ether oxygens (including phenoxy) is 2. The van der Waals surface area contributed by atoms with E-state index in [1.165, 1.54) is 24.0 Å². The van der Waals surface area contributed by atoms with Crippen molar-refractivity contribution in [2.75, 3.05) is 18.9 Å². The van der Waals surface area contributed by atoms with Crippen molar-refractivity contribution in [2.45, 2.75) is 56.6 Å². The second-order valence-electron chi connectivity index (χ2n) is 9.75. The third-order valence-electron chi connectivity index (χ3n) is 6.68. The lowest BCUT2D eigenvalue weighted by molar-refractivity contribution is -0.0562. The van der Waals surface area contributed by atoms with Crippen LogP contribution >= 0.6 is 15.6 Å². The van der Waals surface area contributed by atoms with Gasteiger partial charge in [-0.3, -0.25) is 42.3 Å². The fourth-order valence-corrected chi connectivity index (χ4v) is 5.96. The van der Waals surface area contributed by atoms with Gasteiger partial charge in [0.05, 0.1) is 25.6 Å². The molecule has 0 spiro atoms. The summed E-state index contributed by atoms with van der Waals surface area (Å²) < 4.78 is 52.7. The van der Waals surface area contributed by atoms with Crippen LogP contribution in [0.1, 0.15) is 30.9 Å². The minimum Gasteiger partial charge on any atom is -0.390 e. The largest absolute Gasteiger partial charge is 0.472 e. The molecule has 23 heteroatoms. The first-order valence-electron chi connectivity index (χ1n) is 12.5. The molecular weight excluding hydrogens is 624 g/mol. The summed E-state index contributed by atoms with van der Waals surface area (Å²) in [5.41, 5.74) is 3.74. The number of rotatable bonds is 10. The van der Waals surface area contributed by atoms with E-state index in [2.05, 4.69) is 24.5 Å². The molecular formula is C20H27N7O14P2. The van der Waals surface area contributed by atoms with Crippen LogP contribution in [0.5, 0.6) is 0 Å². The summed E-state index contributed by atoms with van der Waals surface area (Å²) in [5.74, 6) is -0.223. The minimum atomic E-state index is -4.98. The highest BCUT2D eigenvalue weighted by molar-refractivity contribution is 7.47. The van der Waals surface area contributed by atoms with Crippen LogP contribution in [0.15, 0.2) is 26.9 Å². The number of aromatic nitrogens is 6. The lowest BCUT2D eigenvalue weighted by Gasteiger charge is -2.22. The fourth-order valence-electron chi connectivity index (χ4n) is 4.66. The molecule has 2 fully saturated rings. The topological polar surface area (TPSA) is 306 Å². The Bertz CT molecular complexity index is 1780. The number of nitrogens with zero attached hydrogens (tertiary/aromatic N) is 4. The molecule has 3 aromatic heterocycles. The molecule has 0 bridgehead atoms. The van der Waals surface area contributed by atoms with Gasteiger partial charge in [0.25, 0.3) is 11.1 Å². The van der Waals surface area contributed by atoms with Crippen LogP contribution in [-0.4, -0.2) is 86.5 Å². The predicted molar refractivity (Wildman–Crippen MR) is 140 cm³/mol. The van der Waals surface area contributed by atoms with Crippen LogP contribution in [0.25, 0.3) is 11.2 Å². The number of phosphoric acid groups is 2. The van der Waals surface area contributed by atoms with E-state index in [1.54, 1.807) is 0 Å².